The molecule has 0 atom stereocenters. The lowest BCUT2D eigenvalue weighted by atomic mass is 10.3. The number of hydrogen-bond acceptors (Lipinski definition) is 5. The van der Waals surface area contributed by atoms with E-state index in [1.165, 1.54) is 12.8 Å². The molecule has 1 aromatic rings. The zero-order valence-corrected chi connectivity index (χ0v) is 11.3. The minimum absolute atomic E-state index is 0.286. The van der Waals surface area contributed by atoms with Crippen molar-refractivity contribution in [1.82, 2.24) is 9.97 Å². The first-order valence-electron chi connectivity index (χ1n) is 6.12. The SMILES string of the molecule is Cc1cc(C(N)=S)nc(NCCOCC2CC2)n1. The molecule has 5 nitrogen and oxygen atoms in total. The van der Waals surface area contributed by atoms with E-state index < -0.39 is 0 Å². The number of hydrogen-bond donors (Lipinski definition) is 2. The van der Waals surface area contributed by atoms with Gasteiger partial charge in [-0.15, -0.1) is 0 Å². The van der Waals surface area contributed by atoms with Crippen LogP contribution in [0.15, 0.2) is 6.07 Å². The van der Waals surface area contributed by atoms with E-state index in [1.54, 1.807) is 6.07 Å². The van der Waals surface area contributed by atoms with Gasteiger partial charge in [0.05, 0.1) is 6.61 Å². The van der Waals surface area contributed by atoms with E-state index in [0.717, 1.165) is 18.2 Å². The number of ether oxygens (including phenoxy) is 1. The van der Waals surface area contributed by atoms with Crippen LogP contribution in [0.4, 0.5) is 5.95 Å². The summed E-state index contributed by atoms with van der Waals surface area (Å²) in [6, 6.07) is 1.77. The number of aryl methyl sites for hydroxylation is 1. The van der Waals surface area contributed by atoms with Gasteiger partial charge in [-0.25, -0.2) is 9.97 Å². The van der Waals surface area contributed by atoms with Gasteiger partial charge < -0.3 is 15.8 Å². The van der Waals surface area contributed by atoms with E-state index in [9.17, 15) is 0 Å². The summed E-state index contributed by atoms with van der Waals surface area (Å²) in [5, 5.41) is 3.11. The van der Waals surface area contributed by atoms with Crippen LogP contribution in [-0.2, 0) is 4.74 Å². The summed E-state index contributed by atoms with van der Waals surface area (Å²) in [5.41, 5.74) is 6.99. The molecule has 1 aromatic heterocycles. The van der Waals surface area contributed by atoms with Crippen molar-refractivity contribution in [2.24, 2.45) is 11.7 Å². The number of aromatic nitrogens is 2. The minimum Gasteiger partial charge on any atom is -0.388 e. The van der Waals surface area contributed by atoms with Crippen molar-refractivity contribution in [3.05, 3.63) is 17.5 Å². The predicted octanol–water partition coefficient (Wildman–Crippen LogP) is 1.26. The zero-order valence-electron chi connectivity index (χ0n) is 10.5. The van der Waals surface area contributed by atoms with Crippen LogP contribution in [0.25, 0.3) is 0 Å². The number of anilines is 1. The summed E-state index contributed by atoms with van der Waals surface area (Å²) in [7, 11) is 0. The van der Waals surface area contributed by atoms with Crippen LogP contribution in [0.5, 0.6) is 0 Å². The summed E-state index contributed by atoms with van der Waals surface area (Å²) >= 11 is 4.91. The second-order valence-corrected chi connectivity index (χ2v) is 4.97. The molecule has 0 bridgehead atoms. The van der Waals surface area contributed by atoms with E-state index in [4.69, 9.17) is 22.7 Å². The minimum atomic E-state index is 0.286. The smallest absolute Gasteiger partial charge is 0.223 e. The number of rotatable bonds is 7. The van der Waals surface area contributed by atoms with Crippen molar-refractivity contribution < 1.29 is 4.74 Å². The highest BCUT2D eigenvalue weighted by Gasteiger charge is 2.20. The van der Waals surface area contributed by atoms with Gasteiger partial charge in [0.2, 0.25) is 5.95 Å². The Bertz CT molecular complexity index is 434. The van der Waals surface area contributed by atoms with Crippen LogP contribution < -0.4 is 11.1 Å². The molecule has 6 heteroatoms. The second-order valence-electron chi connectivity index (χ2n) is 4.53. The molecule has 98 valence electrons. The average Bonchev–Trinajstić information content (AvgIpc) is 3.12. The van der Waals surface area contributed by atoms with Gasteiger partial charge in [0.1, 0.15) is 10.7 Å². The second kappa shape index (κ2) is 6.06. The van der Waals surface area contributed by atoms with Gasteiger partial charge >= 0.3 is 0 Å². The first kappa shape index (κ1) is 13.2. The Morgan fingerprint density at radius 3 is 3.00 bits per heavy atom. The fraction of sp³-hybridized carbons (Fsp3) is 0.583. The standard InChI is InChI=1S/C12H18N4OS/c1-8-6-10(11(13)18)16-12(15-8)14-4-5-17-7-9-2-3-9/h6,9H,2-5,7H2,1H3,(H2,13,18)(H,14,15,16). The van der Waals surface area contributed by atoms with Gasteiger partial charge in [0.15, 0.2) is 0 Å². The van der Waals surface area contributed by atoms with Gasteiger partial charge in [-0.3, -0.25) is 0 Å². The first-order valence-corrected chi connectivity index (χ1v) is 6.53. The zero-order chi connectivity index (χ0) is 13.0. The van der Waals surface area contributed by atoms with E-state index in [-0.39, 0.29) is 4.99 Å². The maximum absolute atomic E-state index is 5.56. The summed E-state index contributed by atoms with van der Waals surface area (Å²) in [5.74, 6) is 1.34. The third kappa shape index (κ3) is 4.19. The van der Waals surface area contributed by atoms with Crippen LogP contribution in [0.3, 0.4) is 0 Å². The first-order chi connectivity index (χ1) is 8.65. The largest absolute Gasteiger partial charge is 0.388 e. The van der Waals surface area contributed by atoms with E-state index in [1.807, 2.05) is 6.92 Å². The molecule has 0 aliphatic heterocycles. The molecule has 0 unspecified atom stereocenters. The van der Waals surface area contributed by atoms with Gasteiger partial charge in [-0.05, 0) is 31.7 Å². The van der Waals surface area contributed by atoms with Crippen LogP contribution in [-0.4, -0.2) is 34.7 Å². The van der Waals surface area contributed by atoms with Crippen LogP contribution in [0, 0.1) is 12.8 Å². The Morgan fingerprint density at radius 2 is 2.33 bits per heavy atom. The quantitative estimate of drug-likeness (QED) is 0.572. The Kier molecular flexibility index (Phi) is 4.43. The van der Waals surface area contributed by atoms with E-state index >= 15 is 0 Å². The Labute approximate surface area is 112 Å². The number of nitrogens with zero attached hydrogens (tertiary/aromatic N) is 2. The van der Waals surface area contributed by atoms with Crippen molar-refractivity contribution in [2.75, 3.05) is 25.1 Å². The van der Waals surface area contributed by atoms with Crippen molar-refractivity contribution in [3.63, 3.8) is 0 Å². The van der Waals surface area contributed by atoms with Crippen molar-refractivity contribution in [3.8, 4) is 0 Å². The van der Waals surface area contributed by atoms with Gasteiger partial charge in [-0.1, -0.05) is 12.2 Å². The maximum atomic E-state index is 5.56. The summed E-state index contributed by atoms with van der Waals surface area (Å²) in [6.07, 6.45) is 2.62. The fourth-order valence-corrected chi connectivity index (χ4v) is 1.65. The predicted molar refractivity (Wildman–Crippen MR) is 74.7 cm³/mol. The Hall–Kier alpha value is -1.27. The topological polar surface area (TPSA) is 73.1 Å². The van der Waals surface area contributed by atoms with Crippen molar-refractivity contribution >= 4 is 23.2 Å². The molecule has 1 aliphatic rings. The normalized spacial score (nSPS) is 14.5. The Morgan fingerprint density at radius 1 is 1.56 bits per heavy atom. The molecule has 0 amide bonds. The molecule has 0 aromatic carbocycles. The highest BCUT2D eigenvalue weighted by Crippen LogP contribution is 2.28. The molecule has 18 heavy (non-hydrogen) atoms. The number of thiocarbonyl (C=S) groups is 1. The Balaban J connectivity index is 1.78. The molecular weight excluding hydrogens is 248 g/mol. The molecule has 0 radical (unpaired) electrons. The lowest BCUT2D eigenvalue weighted by Crippen LogP contribution is -2.17. The highest BCUT2D eigenvalue weighted by atomic mass is 32.1. The van der Waals surface area contributed by atoms with Crippen molar-refractivity contribution in [1.29, 1.82) is 0 Å². The summed E-state index contributed by atoms with van der Waals surface area (Å²) in [6.45, 7) is 4.11. The molecule has 0 spiro atoms. The van der Waals surface area contributed by atoms with Crippen LogP contribution >= 0.6 is 12.2 Å². The fourth-order valence-electron chi connectivity index (χ4n) is 1.54. The lowest BCUT2D eigenvalue weighted by Gasteiger charge is -2.08. The summed E-state index contributed by atoms with van der Waals surface area (Å²) in [4.78, 5) is 8.79. The van der Waals surface area contributed by atoms with E-state index in [0.29, 0.717) is 24.8 Å². The van der Waals surface area contributed by atoms with Crippen LogP contribution in [0.2, 0.25) is 0 Å². The third-order valence-corrected chi connectivity index (χ3v) is 2.90. The maximum Gasteiger partial charge on any atom is 0.223 e. The molecule has 1 heterocycles. The molecule has 1 saturated carbocycles. The molecule has 3 N–H and O–H groups in total. The van der Waals surface area contributed by atoms with Gasteiger partial charge in [0, 0.05) is 18.8 Å². The highest BCUT2D eigenvalue weighted by molar-refractivity contribution is 7.80. The third-order valence-electron chi connectivity index (χ3n) is 2.69. The molecule has 2 rings (SSSR count). The molecule has 1 fully saturated rings. The lowest BCUT2D eigenvalue weighted by molar-refractivity contribution is 0.133. The van der Waals surface area contributed by atoms with Crippen molar-refractivity contribution in [2.45, 2.75) is 19.8 Å². The summed E-state index contributed by atoms with van der Waals surface area (Å²) < 4.78 is 5.52. The molecule has 0 saturated heterocycles. The number of nitrogens with one attached hydrogen (secondary N) is 1. The molecule has 1 aliphatic carbocycles. The van der Waals surface area contributed by atoms with E-state index in [2.05, 4.69) is 15.3 Å². The van der Waals surface area contributed by atoms with Gasteiger partial charge in [-0.2, -0.15) is 0 Å². The number of nitrogens with two attached hydrogens (primary N) is 1. The van der Waals surface area contributed by atoms with Crippen LogP contribution in [0.1, 0.15) is 24.2 Å². The van der Waals surface area contributed by atoms with Gasteiger partial charge in [0.25, 0.3) is 0 Å². The average molecular weight is 266 g/mol. The molecular formula is C12H18N4OS. The monoisotopic (exact) mass is 266 g/mol.